The summed E-state index contributed by atoms with van der Waals surface area (Å²) in [5.74, 6) is 0. The lowest BCUT2D eigenvalue weighted by Crippen LogP contribution is -2.29. The summed E-state index contributed by atoms with van der Waals surface area (Å²) in [5, 5.41) is -0.980. The molecular weight excluding hydrogens is 356 g/mol. The second-order valence-corrected chi connectivity index (χ2v) is 8.14. The average Bonchev–Trinajstić information content (AvgIpc) is 3.16. The summed E-state index contributed by atoms with van der Waals surface area (Å²) in [5.41, 5.74) is 2.34. The van der Waals surface area contributed by atoms with E-state index in [1.165, 1.54) is 4.42 Å². The number of sulfone groups is 1. The number of hydrogen-bond donors (Lipinski definition) is 0. The van der Waals surface area contributed by atoms with Crippen LogP contribution in [0, 0.1) is 0 Å². The van der Waals surface area contributed by atoms with Crippen molar-refractivity contribution in [3.05, 3.63) is 96.5 Å². The van der Waals surface area contributed by atoms with E-state index in [-0.39, 0.29) is 4.90 Å². The molecule has 0 amide bonds. The van der Waals surface area contributed by atoms with Crippen molar-refractivity contribution in [3.63, 3.8) is 0 Å². The summed E-state index contributed by atoms with van der Waals surface area (Å²) in [4.78, 5) is 0.248. The molecule has 0 aliphatic carbocycles. The molecule has 4 rings (SSSR count). The molecule has 0 saturated heterocycles. The Hall–Kier alpha value is -2.50. The smallest absolute Gasteiger partial charge is 0.204 e. The van der Waals surface area contributed by atoms with Gasteiger partial charge < -0.3 is 4.57 Å². The molecule has 1 unspecified atom stereocenters. The molecule has 1 aliphatic rings. The highest BCUT2D eigenvalue weighted by atomic mass is 35.5. The van der Waals surface area contributed by atoms with Gasteiger partial charge >= 0.3 is 0 Å². The maximum absolute atomic E-state index is 13.2. The van der Waals surface area contributed by atoms with Gasteiger partial charge in [0.15, 0.2) is 5.37 Å². The van der Waals surface area contributed by atoms with Gasteiger partial charge in [-0.05, 0) is 24.3 Å². The molecular formula is C19H15ClN2O2S. The zero-order valence-corrected chi connectivity index (χ0v) is 14.7. The topological polar surface area (TPSA) is 42.3 Å². The zero-order valence-electron chi connectivity index (χ0n) is 13.2. The molecule has 1 aromatic heterocycles. The third kappa shape index (κ3) is 2.65. The summed E-state index contributed by atoms with van der Waals surface area (Å²) in [6.45, 7) is 0. The van der Waals surface area contributed by atoms with Crippen LogP contribution in [-0.2, 0) is 9.84 Å². The van der Waals surface area contributed by atoms with Crippen LogP contribution < -0.4 is 0 Å². The van der Waals surface area contributed by atoms with Crippen molar-refractivity contribution in [2.75, 3.05) is 0 Å². The standard InChI is InChI=1S/C19H15ClN2O2S/c20-22-14-18(21-12-6-7-13-21)16-10-4-5-11-17(16)19(22)25(23,24)15-8-2-1-3-9-15/h1-14,19H. The number of rotatable bonds is 3. The Kier molecular flexibility index (Phi) is 3.90. The number of halogens is 1. The summed E-state index contributed by atoms with van der Waals surface area (Å²) < 4.78 is 29.5. The number of hydrogen-bond acceptors (Lipinski definition) is 3. The van der Waals surface area contributed by atoms with E-state index in [1.807, 2.05) is 53.4 Å². The summed E-state index contributed by atoms with van der Waals surface area (Å²) in [6, 6.07) is 19.7. The molecule has 1 atom stereocenters. The number of fused-ring (bicyclic) bond motifs is 1. The second kappa shape index (κ2) is 6.10. The fourth-order valence-electron chi connectivity index (χ4n) is 3.07. The molecule has 0 N–H and O–H groups in total. The molecule has 0 radical (unpaired) electrons. The number of nitrogens with zero attached hydrogens (tertiary/aromatic N) is 2. The molecule has 6 heteroatoms. The predicted octanol–water partition coefficient (Wildman–Crippen LogP) is 4.28. The van der Waals surface area contributed by atoms with E-state index in [2.05, 4.69) is 0 Å². The number of aromatic nitrogens is 1. The van der Waals surface area contributed by atoms with Gasteiger partial charge in [-0.15, -0.1) is 0 Å². The molecule has 2 heterocycles. The molecule has 1 aliphatic heterocycles. The SMILES string of the molecule is O=S(=O)(c1ccccc1)C1c2ccccc2C(n2cccc2)=CN1Cl. The van der Waals surface area contributed by atoms with Gasteiger partial charge in [-0.2, -0.15) is 0 Å². The van der Waals surface area contributed by atoms with Gasteiger partial charge in [0.05, 0.1) is 10.6 Å². The fraction of sp³-hybridized carbons (Fsp3) is 0.0526. The minimum atomic E-state index is -3.68. The first-order valence-electron chi connectivity index (χ1n) is 7.76. The van der Waals surface area contributed by atoms with E-state index in [0.29, 0.717) is 5.56 Å². The minimum absolute atomic E-state index is 0.248. The minimum Gasteiger partial charge on any atom is -0.322 e. The Bertz CT molecular complexity index is 1030. The second-order valence-electron chi connectivity index (χ2n) is 5.75. The lowest BCUT2D eigenvalue weighted by molar-refractivity contribution is 0.504. The van der Waals surface area contributed by atoms with Crippen LogP contribution in [0.2, 0.25) is 0 Å². The molecule has 3 aromatic rings. The lowest BCUT2D eigenvalue weighted by atomic mass is 10.0. The van der Waals surface area contributed by atoms with Crippen molar-refractivity contribution in [2.45, 2.75) is 10.3 Å². The van der Waals surface area contributed by atoms with Crippen LogP contribution >= 0.6 is 11.8 Å². The van der Waals surface area contributed by atoms with Gasteiger partial charge in [0.1, 0.15) is 0 Å². The van der Waals surface area contributed by atoms with Crippen LogP contribution in [0.4, 0.5) is 0 Å². The maximum atomic E-state index is 13.2. The van der Waals surface area contributed by atoms with E-state index < -0.39 is 15.2 Å². The van der Waals surface area contributed by atoms with Crippen LogP contribution in [0.15, 0.2) is 90.2 Å². The fourth-order valence-corrected chi connectivity index (χ4v) is 5.24. The molecule has 126 valence electrons. The molecule has 25 heavy (non-hydrogen) atoms. The summed E-state index contributed by atoms with van der Waals surface area (Å²) in [6.07, 6.45) is 5.47. The monoisotopic (exact) mass is 370 g/mol. The first-order valence-corrected chi connectivity index (χ1v) is 9.65. The molecule has 0 bridgehead atoms. The van der Waals surface area contributed by atoms with Crippen LogP contribution in [0.5, 0.6) is 0 Å². The molecule has 4 nitrogen and oxygen atoms in total. The van der Waals surface area contributed by atoms with Crippen LogP contribution in [-0.4, -0.2) is 17.4 Å². The Morgan fingerprint density at radius 1 is 0.840 bits per heavy atom. The van der Waals surface area contributed by atoms with Crippen molar-refractivity contribution in [1.82, 2.24) is 8.99 Å². The third-order valence-corrected chi connectivity index (χ3v) is 6.63. The first kappa shape index (κ1) is 16.0. The van der Waals surface area contributed by atoms with Gasteiger partial charge in [-0.25, -0.2) is 8.42 Å². The quantitative estimate of drug-likeness (QED) is 0.646. The molecule has 0 fully saturated rings. The van der Waals surface area contributed by atoms with Crippen molar-refractivity contribution in [3.8, 4) is 0 Å². The average molecular weight is 371 g/mol. The summed E-state index contributed by atoms with van der Waals surface area (Å²) in [7, 11) is -3.68. The third-order valence-electron chi connectivity index (χ3n) is 4.22. The highest BCUT2D eigenvalue weighted by Gasteiger charge is 2.38. The Morgan fingerprint density at radius 3 is 2.20 bits per heavy atom. The summed E-state index contributed by atoms with van der Waals surface area (Å²) >= 11 is 6.42. The van der Waals surface area contributed by atoms with Crippen LogP contribution in [0.1, 0.15) is 16.5 Å². The molecule has 2 aromatic carbocycles. The lowest BCUT2D eigenvalue weighted by Gasteiger charge is -2.32. The predicted molar refractivity (Wildman–Crippen MR) is 98.3 cm³/mol. The van der Waals surface area contributed by atoms with Gasteiger partial charge in [0.25, 0.3) is 0 Å². The molecule has 0 spiro atoms. The largest absolute Gasteiger partial charge is 0.322 e. The van der Waals surface area contributed by atoms with Gasteiger partial charge in [-0.3, -0.25) is 4.42 Å². The number of benzene rings is 2. The van der Waals surface area contributed by atoms with Crippen LogP contribution in [0.25, 0.3) is 5.70 Å². The Labute approximate surface area is 151 Å². The van der Waals surface area contributed by atoms with Crippen LogP contribution in [0.3, 0.4) is 0 Å². The Morgan fingerprint density at radius 2 is 1.48 bits per heavy atom. The van der Waals surface area contributed by atoms with Crippen molar-refractivity contribution in [1.29, 1.82) is 0 Å². The maximum Gasteiger partial charge on any atom is 0.204 e. The van der Waals surface area contributed by atoms with E-state index in [0.717, 1.165) is 11.3 Å². The van der Waals surface area contributed by atoms with Crippen molar-refractivity contribution in [2.24, 2.45) is 0 Å². The first-order chi connectivity index (χ1) is 12.1. The zero-order chi connectivity index (χ0) is 17.4. The normalized spacial score (nSPS) is 17.1. The van der Waals surface area contributed by atoms with E-state index in [9.17, 15) is 8.42 Å². The van der Waals surface area contributed by atoms with Gasteiger partial charge in [0, 0.05) is 41.5 Å². The van der Waals surface area contributed by atoms with Crippen molar-refractivity contribution >= 4 is 27.3 Å². The van der Waals surface area contributed by atoms with Gasteiger partial charge in [0.2, 0.25) is 9.84 Å². The highest BCUT2D eigenvalue weighted by molar-refractivity contribution is 7.91. The molecule has 0 saturated carbocycles. The van der Waals surface area contributed by atoms with Gasteiger partial charge in [-0.1, -0.05) is 42.5 Å². The highest BCUT2D eigenvalue weighted by Crippen LogP contribution is 2.42. The van der Waals surface area contributed by atoms with Crippen molar-refractivity contribution < 1.29 is 8.42 Å². The van der Waals surface area contributed by atoms with E-state index in [1.54, 1.807) is 36.5 Å². The van der Waals surface area contributed by atoms with E-state index in [4.69, 9.17) is 11.8 Å². The Balaban J connectivity index is 1.90. The van der Waals surface area contributed by atoms with E-state index >= 15 is 0 Å².